The summed E-state index contributed by atoms with van der Waals surface area (Å²) in [5, 5.41) is 90.9. The Morgan fingerprint density at radius 2 is 1.23 bits per heavy atom. The number of aldehydes is 1. The van der Waals surface area contributed by atoms with E-state index >= 15 is 0 Å². The highest BCUT2D eigenvalue weighted by atomic mass is 16.8. The summed E-state index contributed by atoms with van der Waals surface area (Å²) in [4.78, 5) is 37.9. The predicted molar refractivity (Wildman–Crippen MR) is 168 cm³/mol. The van der Waals surface area contributed by atoms with Gasteiger partial charge in [-0.25, -0.2) is 9.59 Å². The van der Waals surface area contributed by atoms with Crippen LogP contribution in [0.4, 0.5) is 0 Å². The van der Waals surface area contributed by atoms with E-state index in [9.17, 15) is 60.3 Å². The van der Waals surface area contributed by atoms with E-state index < -0.39 is 128 Å². The van der Waals surface area contributed by atoms with Crippen molar-refractivity contribution in [2.75, 3.05) is 20.3 Å². The van der Waals surface area contributed by atoms with Crippen molar-refractivity contribution in [3.05, 3.63) is 60.6 Å². The highest BCUT2D eigenvalue weighted by Gasteiger charge is 2.50. The number of hydrogen-bond acceptors (Lipinski definition) is 18. The number of aliphatic hydroxyl groups is 8. The molecule has 0 aliphatic carbocycles. The molecule has 0 amide bonds. The van der Waals surface area contributed by atoms with Crippen molar-refractivity contribution in [1.29, 1.82) is 0 Å². The van der Waals surface area contributed by atoms with E-state index in [-0.39, 0.29) is 17.6 Å². The average molecular weight is 745 g/mol. The zero-order valence-corrected chi connectivity index (χ0v) is 27.8. The summed E-state index contributed by atoms with van der Waals surface area (Å²) in [6, 6.07) is 0. The van der Waals surface area contributed by atoms with Crippen LogP contribution in [-0.4, -0.2) is 158 Å². The fourth-order valence-corrected chi connectivity index (χ4v) is 6.47. The smallest absolute Gasteiger partial charge is 0.337 e. The van der Waals surface area contributed by atoms with E-state index in [4.69, 9.17) is 33.2 Å². The monoisotopic (exact) mass is 744 g/mol. The first-order valence-corrected chi connectivity index (χ1v) is 16.1. The molecule has 19 nitrogen and oxygen atoms in total. The zero-order chi connectivity index (χ0) is 38.4. The normalized spacial score (nSPS) is 41.0. The van der Waals surface area contributed by atoms with Crippen LogP contribution in [0.15, 0.2) is 60.6 Å². The van der Waals surface area contributed by atoms with E-state index in [1.54, 1.807) is 0 Å². The van der Waals surface area contributed by atoms with Gasteiger partial charge in [0.2, 0.25) is 12.6 Å². The molecule has 0 spiro atoms. The Bertz CT molecular complexity index is 1390. The number of methoxy groups -OCH3 is 1. The molecule has 0 saturated carbocycles. The summed E-state index contributed by atoms with van der Waals surface area (Å²) in [6.07, 6.45) is -13.4. The second-order valence-electron chi connectivity index (χ2n) is 12.4. The Kier molecular flexibility index (Phi) is 14.2. The van der Waals surface area contributed by atoms with Gasteiger partial charge in [-0.1, -0.05) is 18.2 Å². The van der Waals surface area contributed by atoms with Crippen molar-refractivity contribution < 1.29 is 93.5 Å². The molecule has 0 aromatic carbocycles. The van der Waals surface area contributed by atoms with E-state index in [2.05, 4.69) is 13.2 Å². The lowest BCUT2D eigenvalue weighted by molar-refractivity contribution is -0.339. The van der Waals surface area contributed by atoms with Gasteiger partial charge < -0.3 is 79.1 Å². The van der Waals surface area contributed by atoms with Gasteiger partial charge in [-0.2, -0.15) is 0 Å². The molecule has 4 aliphatic rings. The largest absolute Gasteiger partial charge is 0.478 e. The van der Waals surface area contributed by atoms with Gasteiger partial charge in [0.25, 0.3) is 0 Å². The van der Waals surface area contributed by atoms with Crippen LogP contribution in [0.2, 0.25) is 0 Å². The number of carbonyl (C=O) groups excluding carboxylic acids is 2. The Labute approximate surface area is 296 Å². The fraction of sp³-hybridized carbons (Fsp3) is 0.606. The molecule has 0 radical (unpaired) electrons. The van der Waals surface area contributed by atoms with Gasteiger partial charge in [0.15, 0.2) is 12.6 Å². The lowest BCUT2D eigenvalue weighted by atomic mass is 9.76. The first-order valence-electron chi connectivity index (χ1n) is 16.1. The van der Waals surface area contributed by atoms with Crippen LogP contribution in [0, 0.1) is 23.7 Å². The van der Waals surface area contributed by atoms with Gasteiger partial charge in [0.05, 0.1) is 49.9 Å². The molecule has 9 N–H and O–H groups in total. The van der Waals surface area contributed by atoms with Gasteiger partial charge >= 0.3 is 11.9 Å². The summed E-state index contributed by atoms with van der Waals surface area (Å²) in [5.41, 5.74) is -0.599. The third-order valence-corrected chi connectivity index (χ3v) is 9.42. The number of rotatable bonds is 14. The molecule has 0 aromatic heterocycles. The molecule has 19 heteroatoms. The Morgan fingerprint density at radius 3 is 1.65 bits per heavy atom. The maximum Gasteiger partial charge on any atom is 0.337 e. The molecule has 4 rings (SSSR count). The second-order valence-corrected chi connectivity index (χ2v) is 12.4. The highest BCUT2D eigenvalue weighted by Crippen LogP contribution is 2.41. The number of carbonyl (C=O) groups is 3. The number of ether oxygens (including phenoxy) is 7. The molecule has 290 valence electrons. The lowest BCUT2D eigenvalue weighted by Crippen LogP contribution is -2.60. The van der Waals surface area contributed by atoms with E-state index in [1.807, 2.05) is 0 Å². The molecule has 52 heavy (non-hydrogen) atoms. The SMILES string of the molecule is C=CC1C(OC2OC(CO)C(O)C(O)C2O)OC=C(C(=O)OC)C1CC=C(C=O)C1C(C(=O)O)=COC(OC2OC(CO)C(O)C(O)C2O)C1C=C. The van der Waals surface area contributed by atoms with Crippen molar-refractivity contribution in [3.63, 3.8) is 0 Å². The number of esters is 1. The van der Waals surface area contributed by atoms with Crippen LogP contribution in [0.25, 0.3) is 0 Å². The van der Waals surface area contributed by atoms with Gasteiger partial charge in [0, 0.05) is 17.8 Å². The topological polar surface area (TPSA) is 298 Å². The maximum absolute atomic E-state index is 12.8. The molecule has 4 aliphatic heterocycles. The minimum absolute atomic E-state index is 0.0485. The number of allylic oxidation sites excluding steroid dienone is 2. The summed E-state index contributed by atoms with van der Waals surface area (Å²) in [7, 11) is 1.11. The first-order chi connectivity index (χ1) is 24.8. The van der Waals surface area contributed by atoms with E-state index in [1.165, 1.54) is 18.2 Å². The van der Waals surface area contributed by atoms with Gasteiger partial charge in [-0.3, -0.25) is 4.79 Å². The van der Waals surface area contributed by atoms with Crippen LogP contribution in [0.5, 0.6) is 0 Å². The fourth-order valence-electron chi connectivity index (χ4n) is 6.47. The molecule has 2 fully saturated rings. The van der Waals surface area contributed by atoms with Gasteiger partial charge in [0.1, 0.15) is 55.1 Å². The summed E-state index contributed by atoms with van der Waals surface area (Å²) >= 11 is 0. The minimum Gasteiger partial charge on any atom is -0.478 e. The maximum atomic E-state index is 12.8. The van der Waals surface area contributed by atoms with Crippen molar-refractivity contribution in [2.45, 2.75) is 80.4 Å². The minimum atomic E-state index is -1.83. The third-order valence-electron chi connectivity index (χ3n) is 9.42. The average Bonchev–Trinajstić information content (AvgIpc) is 3.14. The lowest BCUT2D eigenvalue weighted by Gasteiger charge is -2.43. The van der Waals surface area contributed by atoms with Gasteiger partial charge in [-0.05, 0) is 12.0 Å². The van der Waals surface area contributed by atoms with E-state index in [0.29, 0.717) is 6.29 Å². The van der Waals surface area contributed by atoms with E-state index in [0.717, 1.165) is 19.6 Å². The molecule has 0 aromatic rings. The van der Waals surface area contributed by atoms with Gasteiger partial charge in [-0.15, -0.1) is 13.2 Å². The Balaban J connectivity index is 1.64. The third kappa shape index (κ3) is 8.30. The standard InChI is InChI=1S/C33H44O19/c1-4-14-16(17(29(45)46-3)11-47-30(14)51-32-26(41)24(39)22(37)19(9-35)49-32)7-6-13(8-34)21-15(5-2)31(48-12-18(21)28(43)44)52-33-27(42)25(40)23(38)20(10-36)50-33/h4-6,8,11-12,14-16,19-27,30-33,35-42H,1-2,7,9-10H2,3H3,(H,43,44). The van der Waals surface area contributed by atoms with Crippen molar-refractivity contribution in [1.82, 2.24) is 0 Å². The number of hydrogen-bond donors (Lipinski definition) is 9. The predicted octanol–water partition coefficient (Wildman–Crippen LogP) is -3.29. The summed E-state index contributed by atoms with van der Waals surface area (Å²) in [6.45, 7) is 6.04. The van der Waals surface area contributed by atoms with Crippen LogP contribution in [0.1, 0.15) is 6.42 Å². The molecule has 4 heterocycles. The highest BCUT2D eigenvalue weighted by molar-refractivity contribution is 5.91. The molecule has 2 saturated heterocycles. The quantitative estimate of drug-likeness (QED) is 0.0364. The van der Waals surface area contributed by atoms with Crippen LogP contribution < -0.4 is 0 Å². The number of aliphatic carboxylic acids is 1. The summed E-state index contributed by atoms with van der Waals surface area (Å²) in [5.74, 6) is -6.69. The van der Waals surface area contributed by atoms with Crippen molar-refractivity contribution in [3.8, 4) is 0 Å². The molecule has 0 bridgehead atoms. The Hall–Kier alpha value is -3.57. The summed E-state index contributed by atoms with van der Waals surface area (Å²) < 4.78 is 38.4. The van der Waals surface area contributed by atoms with Crippen LogP contribution >= 0.6 is 0 Å². The second kappa shape index (κ2) is 18.0. The van der Waals surface area contributed by atoms with Crippen LogP contribution in [0.3, 0.4) is 0 Å². The molecular weight excluding hydrogens is 700 g/mol. The molecule has 16 unspecified atom stereocenters. The molecular formula is C33H44O19. The first kappa shape index (κ1) is 41.2. The van der Waals surface area contributed by atoms with Crippen molar-refractivity contribution in [2.24, 2.45) is 23.7 Å². The van der Waals surface area contributed by atoms with Crippen molar-refractivity contribution >= 4 is 18.2 Å². The number of carboxylic acids is 1. The number of carboxylic acid groups (broad SMARTS) is 1. The Morgan fingerprint density at radius 1 is 0.750 bits per heavy atom. The molecule has 16 atom stereocenters. The van der Waals surface area contributed by atoms with Crippen LogP contribution in [-0.2, 0) is 47.5 Å². The number of aliphatic hydroxyl groups excluding tert-OH is 8. The zero-order valence-electron chi connectivity index (χ0n) is 27.8.